The first kappa shape index (κ1) is 10.7. The summed E-state index contributed by atoms with van der Waals surface area (Å²) < 4.78 is 18.8. The summed E-state index contributed by atoms with van der Waals surface area (Å²) in [6.45, 7) is 1.92. The maximum atomic E-state index is 13.6. The van der Waals surface area contributed by atoms with Gasteiger partial charge in [0.25, 0.3) is 0 Å². The summed E-state index contributed by atoms with van der Waals surface area (Å²) in [6.07, 6.45) is 0. The predicted octanol–water partition coefficient (Wildman–Crippen LogP) is 2.73. The molecule has 0 fully saturated rings. The van der Waals surface area contributed by atoms with Crippen LogP contribution < -0.4 is 10.1 Å². The Labute approximate surface area is 93.3 Å². The van der Waals surface area contributed by atoms with Crippen LogP contribution in [0.4, 0.5) is 10.2 Å². The average molecular weight is 220 g/mol. The molecule has 0 saturated carbocycles. The monoisotopic (exact) mass is 220 g/mol. The molecule has 2 rings (SSSR count). The number of rotatable bonds is 2. The number of hydrogen-bond acceptors (Lipinski definition) is 3. The van der Waals surface area contributed by atoms with Gasteiger partial charge in [-0.1, -0.05) is 0 Å². The van der Waals surface area contributed by atoms with E-state index in [4.69, 9.17) is 4.74 Å². The van der Waals surface area contributed by atoms with Crippen molar-refractivity contribution in [1.82, 2.24) is 4.98 Å². The second-order valence-corrected chi connectivity index (χ2v) is 3.55. The van der Waals surface area contributed by atoms with E-state index in [2.05, 4.69) is 10.3 Å². The lowest BCUT2D eigenvalue weighted by Gasteiger charge is -2.09. The van der Waals surface area contributed by atoms with Crippen LogP contribution in [0, 0.1) is 12.7 Å². The molecule has 1 N–H and O–H groups in total. The Morgan fingerprint density at radius 2 is 2.12 bits per heavy atom. The van der Waals surface area contributed by atoms with Crippen molar-refractivity contribution in [2.24, 2.45) is 0 Å². The summed E-state index contributed by atoms with van der Waals surface area (Å²) in [4.78, 5) is 4.24. The Morgan fingerprint density at radius 3 is 2.75 bits per heavy atom. The molecule has 3 nitrogen and oxygen atoms in total. The molecule has 16 heavy (non-hydrogen) atoms. The molecule has 0 atom stereocenters. The summed E-state index contributed by atoms with van der Waals surface area (Å²) in [5.41, 5.74) is 1.29. The Bertz CT molecular complexity index is 540. The highest BCUT2D eigenvalue weighted by Gasteiger charge is 2.10. The lowest BCUT2D eigenvalue weighted by atomic mass is 10.1. The van der Waals surface area contributed by atoms with E-state index in [1.807, 2.05) is 13.0 Å². The molecule has 0 unspecified atom stereocenters. The third-order valence-corrected chi connectivity index (χ3v) is 2.54. The molecule has 1 aromatic heterocycles. The fourth-order valence-electron chi connectivity index (χ4n) is 1.73. The van der Waals surface area contributed by atoms with E-state index in [0.29, 0.717) is 22.5 Å². The van der Waals surface area contributed by atoms with Crippen molar-refractivity contribution in [3.05, 3.63) is 29.6 Å². The van der Waals surface area contributed by atoms with Crippen LogP contribution in [0.2, 0.25) is 0 Å². The van der Waals surface area contributed by atoms with Crippen molar-refractivity contribution in [1.29, 1.82) is 0 Å². The zero-order valence-electron chi connectivity index (χ0n) is 9.47. The first-order valence-corrected chi connectivity index (χ1v) is 4.99. The number of methoxy groups -OCH3 is 1. The second-order valence-electron chi connectivity index (χ2n) is 3.55. The van der Waals surface area contributed by atoms with Gasteiger partial charge in [0.1, 0.15) is 22.9 Å². The van der Waals surface area contributed by atoms with Gasteiger partial charge in [-0.15, -0.1) is 0 Å². The molecule has 84 valence electrons. The third kappa shape index (κ3) is 1.56. The molecule has 0 radical (unpaired) electrons. The van der Waals surface area contributed by atoms with Crippen LogP contribution in [0.15, 0.2) is 18.2 Å². The Kier molecular flexibility index (Phi) is 2.64. The number of fused-ring (bicyclic) bond motifs is 1. The van der Waals surface area contributed by atoms with Crippen LogP contribution in [0.3, 0.4) is 0 Å². The number of anilines is 1. The summed E-state index contributed by atoms with van der Waals surface area (Å²) in [7, 11) is 3.33. The Balaban J connectivity index is 2.82. The summed E-state index contributed by atoms with van der Waals surface area (Å²) in [5.74, 6) is 0.974. The normalized spacial score (nSPS) is 10.5. The van der Waals surface area contributed by atoms with Crippen molar-refractivity contribution >= 4 is 16.7 Å². The van der Waals surface area contributed by atoms with Crippen molar-refractivity contribution in [2.45, 2.75) is 6.92 Å². The van der Waals surface area contributed by atoms with Crippen molar-refractivity contribution < 1.29 is 9.13 Å². The Morgan fingerprint density at radius 1 is 1.38 bits per heavy atom. The van der Waals surface area contributed by atoms with Gasteiger partial charge in [0.05, 0.1) is 7.11 Å². The van der Waals surface area contributed by atoms with E-state index in [-0.39, 0.29) is 5.82 Å². The predicted molar refractivity (Wildman–Crippen MR) is 62.5 cm³/mol. The van der Waals surface area contributed by atoms with E-state index in [1.54, 1.807) is 20.2 Å². The largest absolute Gasteiger partial charge is 0.496 e. The van der Waals surface area contributed by atoms with Gasteiger partial charge in [-0.25, -0.2) is 9.37 Å². The minimum atomic E-state index is -0.340. The zero-order valence-corrected chi connectivity index (χ0v) is 9.47. The lowest BCUT2D eigenvalue weighted by Crippen LogP contribution is -1.98. The lowest BCUT2D eigenvalue weighted by molar-refractivity contribution is 0.419. The molecule has 0 aliphatic rings. The summed E-state index contributed by atoms with van der Waals surface area (Å²) in [5, 5.41) is 3.63. The highest BCUT2D eigenvalue weighted by atomic mass is 19.1. The van der Waals surface area contributed by atoms with E-state index >= 15 is 0 Å². The van der Waals surface area contributed by atoms with Crippen LogP contribution in [-0.4, -0.2) is 19.1 Å². The minimum absolute atomic E-state index is 0.328. The first-order chi connectivity index (χ1) is 7.67. The van der Waals surface area contributed by atoms with Crippen molar-refractivity contribution in [3.8, 4) is 5.75 Å². The molecule has 0 aliphatic heterocycles. The van der Waals surface area contributed by atoms with E-state index in [1.165, 1.54) is 6.07 Å². The molecule has 0 amide bonds. The average Bonchev–Trinajstić information content (AvgIpc) is 2.29. The van der Waals surface area contributed by atoms with E-state index in [9.17, 15) is 4.39 Å². The molecule has 4 heteroatoms. The fourth-order valence-corrected chi connectivity index (χ4v) is 1.73. The number of halogens is 1. The van der Waals surface area contributed by atoms with E-state index < -0.39 is 0 Å². The van der Waals surface area contributed by atoms with Gasteiger partial charge in [-0.05, 0) is 30.7 Å². The van der Waals surface area contributed by atoms with Gasteiger partial charge in [0.15, 0.2) is 0 Å². The molecule has 1 heterocycles. The molecule has 2 aromatic rings. The summed E-state index contributed by atoms with van der Waals surface area (Å²) in [6, 6.07) is 4.84. The number of nitrogens with zero attached hydrogens (tertiary/aromatic N) is 1. The number of ether oxygens (including phenoxy) is 1. The molecule has 1 aromatic carbocycles. The van der Waals surface area contributed by atoms with Crippen LogP contribution in [-0.2, 0) is 0 Å². The minimum Gasteiger partial charge on any atom is -0.496 e. The van der Waals surface area contributed by atoms with Gasteiger partial charge in [0, 0.05) is 12.4 Å². The van der Waals surface area contributed by atoms with Crippen LogP contribution in [0.5, 0.6) is 5.75 Å². The highest BCUT2D eigenvalue weighted by molar-refractivity contribution is 5.88. The third-order valence-electron chi connectivity index (χ3n) is 2.54. The number of aryl methyl sites for hydroxylation is 1. The van der Waals surface area contributed by atoms with Gasteiger partial charge in [0.2, 0.25) is 0 Å². The number of nitrogens with one attached hydrogen (secondary N) is 1. The molecular weight excluding hydrogens is 207 g/mol. The van der Waals surface area contributed by atoms with Crippen LogP contribution >= 0.6 is 0 Å². The highest BCUT2D eigenvalue weighted by Crippen LogP contribution is 2.29. The molecule has 0 spiro atoms. The molecular formula is C12H13FN2O. The second kappa shape index (κ2) is 3.96. The van der Waals surface area contributed by atoms with E-state index in [0.717, 1.165) is 5.56 Å². The smallest absolute Gasteiger partial charge is 0.149 e. The van der Waals surface area contributed by atoms with Crippen molar-refractivity contribution in [2.75, 3.05) is 19.5 Å². The first-order valence-electron chi connectivity index (χ1n) is 4.99. The van der Waals surface area contributed by atoms with Gasteiger partial charge in [-0.3, -0.25) is 0 Å². The number of pyridine rings is 1. The van der Waals surface area contributed by atoms with Crippen molar-refractivity contribution in [3.63, 3.8) is 0 Å². The Hall–Kier alpha value is -1.84. The molecule has 0 saturated heterocycles. The number of hydrogen-bond donors (Lipinski definition) is 1. The summed E-state index contributed by atoms with van der Waals surface area (Å²) >= 11 is 0. The van der Waals surface area contributed by atoms with Gasteiger partial charge in [-0.2, -0.15) is 0 Å². The van der Waals surface area contributed by atoms with Gasteiger partial charge >= 0.3 is 0 Å². The fraction of sp³-hybridized carbons (Fsp3) is 0.250. The standard InChI is InChI=1S/C12H13FN2O/c1-7-6-8-10(16-3)5-4-9(13)11(8)15-12(7)14-2/h4-6H,1-3H3,(H,14,15). The molecule has 0 bridgehead atoms. The number of benzene rings is 1. The number of aromatic nitrogens is 1. The quantitative estimate of drug-likeness (QED) is 0.845. The maximum Gasteiger partial charge on any atom is 0.149 e. The topological polar surface area (TPSA) is 34.2 Å². The van der Waals surface area contributed by atoms with Crippen LogP contribution in [0.25, 0.3) is 10.9 Å². The SMILES string of the molecule is CNc1nc2c(F)ccc(OC)c2cc1C. The van der Waals surface area contributed by atoms with Crippen LogP contribution in [0.1, 0.15) is 5.56 Å². The maximum absolute atomic E-state index is 13.6. The zero-order chi connectivity index (χ0) is 11.7. The molecule has 0 aliphatic carbocycles. The van der Waals surface area contributed by atoms with Gasteiger partial charge < -0.3 is 10.1 Å².